The normalized spacial score (nSPS) is 14.5. The lowest BCUT2D eigenvalue weighted by Gasteiger charge is -1.94. The molecule has 0 unspecified atom stereocenters. The lowest BCUT2D eigenvalue weighted by atomic mass is 10.5. The van der Waals surface area contributed by atoms with E-state index in [4.69, 9.17) is 0 Å². The summed E-state index contributed by atoms with van der Waals surface area (Å²) in [5.41, 5.74) is 2.49. The second-order valence-electron chi connectivity index (χ2n) is 2.17. The van der Waals surface area contributed by atoms with Gasteiger partial charge in [0, 0.05) is 12.4 Å². The summed E-state index contributed by atoms with van der Waals surface area (Å²) in [7, 11) is 0. The van der Waals surface area contributed by atoms with Gasteiger partial charge in [0.2, 0.25) is 0 Å². The zero-order valence-corrected chi connectivity index (χ0v) is 5.69. The summed E-state index contributed by atoms with van der Waals surface area (Å²) in [4.78, 5) is 18.3. The van der Waals surface area contributed by atoms with Crippen molar-refractivity contribution in [3.8, 4) is 0 Å². The molecule has 1 aliphatic heterocycles. The molecule has 1 aromatic rings. The Bertz CT molecular complexity index is 273. The molecule has 0 aliphatic carbocycles. The van der Waals surface area contributed by atoms with Gasteiger partial charge in [0.05, 0.1) is 0 Å². The average molecular weight is 150 g/mol. The van der Waals surface area contributed by atoms with Gasteiger partial charge < -0.3 is 0 Å². The molecule has 2 amide bonds. The molecule has 11 heavy (non-hydrogen) atoms. The van der Waals surface area contributed by atoms with E-state index in [1.54, 1.807) is 18.5 Å². The monoisotopic (exact) mass is 150 g/mol. The number of carbonyl (C=O) groups is 1. The fraction of sp³-hybridized carbons (Fsp3) is 0.167. The molecule has 0 aromatic carbocycles. The molecule has 0 bridgehead atoms. The molecular weight excluding hydrogens is 144 g/mol. The highest BCUT2D eigenvalue weighted by molar-refractivity contribution is 5.85. The van der Waals surface area contributed by atoms with E-state index < -0.39 is 0 Å². The summed E-state index contributed by atoms with van der Waals surface area (Å²) in [6.45, 7) is 0.444. The average Bonchev–Trinajstić information content (AvgIpc) is 2.69. The predicted octanol–water partition coefficient (Wildman–Crippen LogP) is -0.0832. The van der Waals surface area contributed by atoms with Crippen LogP contribution >= 0.6 is 0 Å². The Hall–Kier alpha value is -1.65. The van der Waals surface area contributed by atoms with Crippen LogP contribution in [-0.4, -0.2) is 21.0 Å². The number of amides is 2. The minimum atomic E-state index is -0.0718. The molecule has 0 radical (unpaired) electrons. The van der Waals surface area contributed by atoms with Crippen LogP contribution in [0.5, 0.6) is 0 Å². The van der Waals surface area contributed by atoms with Crippen LogP contribution in [0.15, 0.2) is 18.5 Å². The van der Waals surface area contributed by atoms with Gasteiger partial charge in [-0.3, -0.25) is 0 Å². The van der Waals surface area contributed by atoms with Crippen LogP contribution < -0.4 is 5.43 Å². The zero-order valence-electron chi connectivity index (χ0n) is 5.69. The second kappa shape index (κ2) is 2.19. The number of hydrazine groups is 1. The third kappa shape index (κ3) is 1.26. The maximum absolute atomic E-state index is 10.5. The van der Waals surface area contributed by atoms with Crippen molar-refractivity contribution >= 4 is 6.03 Å². The first kappa shape index (κ1) is 6.09. The van der Waals surface area contributed by atoms with Crippen molar-refractivity contribution < 1.29 is 4.79 Å². The van der Waals surface area contributed by atoms with Gasteiger partial charge in [-0.25, -0.2) is 25.2 Å². The quantitative estimate of drug-likeness (QED) is 0.599. The predicted molar refractivity (Wildman–Crippen MR) is 36.1 cm³/mol. The van der Waals surface area contributed by atoms with Gasteiger partial charge in [0.15, 0.2) is 0 Å². The molecule has 2 rings (SSSR count). The lowest BCUT2D eigenvalue weighted by molar-refractivity contribution is 0.257. The summed E-state index contributed by atoms with van der Waals surface area (Å²) in [5.74, 6) is 0.644. The first-order chi connectivity index (χ1) is 5.36. The number of hydrogen-bond acceptors (Lipinski definition) is 3. The maximum Gasteiger partial charge on any atom is 0.355 e. The second-order valence-corrected chi connectivity index (χ2v) is 2.17. The van der Waals surface area contributed by atoms with Gasteiger partial charge in [-0.1, -0.05) is 0 Å². The minimum absolute atomic E-state index is 0.0718. The smallest absolute Gasteiger partial charge is 0.245 e. The van der Waals surface area contributed by atoms with E-state index in [1.165, 1.54) is 5.01 Å². The number of hydrogen-bond donors (Lipinski definition) is 1. The van der Waals surface area contributed by atoms with E-state index >= 15 is 0 Å². The number of carbonyl (C=O) groups excluding carboxylic acids is 1. The Balaban J connectivity index is 2.02. The number of urea groups is 1. The molecule has 0 atom stereocenters. The summed E-state index contributed by atoms with van der Waals surface area (Å²) in [6, 6.07) is 1.67. The maximum atomic E-state index is 10.5. The molecule has 0 saturated carbocycles. The number of nitrogens with zero attached hydrogens (tertiary/aromatic N) is 3. The van der Waals surface area contributed by atoms with Gasteiger partial charge in [-0.15, -0.1) is 0 Å². The SMILES string of the molecule is O=C1NN1Cc1ncccn1. The first-order valence-corrected chi connectivity index (χ1v) is 3.20. The fourth-order valence-electron chi connectivity index (χ4n) is 0.755. The molecule has 1 N–H and O–H groups in total. The lowest BCUT2D eigenvalue weighted by Crippen LogP contribution is -2.04. The first-order valence-electron chi connectivity index (χ1n) is 3.20. The van der Waals surface area contributed by atoms with E-state index in [2.05, 4.69) is 15.4 Å². The molecule has 1 aromatic heterocycles. The van der Waals surface area contributed by atoms with Crippen molar-refractivity contribution in [3.05, 3.63) is 24.3 Å². The molecule has 1 saturated heterocycles. The van der Waals surface area contributed by atoms with Crippen LogP contribution in [0.25, 0.3) is 0 Å². The summed E-state index contributed by atoms with van der Waals surface area (Å²) >= 11 is 0. The van der Waals surface area contributed by atoms with E-state index in [0.29, 0.717) is 12.4 Å². The van der Waals surface area contributed by atoms with Crippen LogP contribution in [0.1, 0.15) is 5.82 Å². The van der Waals surface area contributed by atoms with Crippen molar-refractivity contribution in [2.45, 2.75) is 6.54 Å². The third-order valence-corrected chi connectivity index (χ3v) is 1.34. The van der Waals surface area contributed by atoms with Crippen molar-refractivity contribution in [2.75, 3.05) is 0 Å². The van der Waals surface area contributed by atoms with Crippen molar-refractivity contribution in [3.63, 3.8) is 0 Å². The third-order valence-electron chi connectivity index (χ3n) is 1.34. The highest BCUT2D eigenvalue weighted by Gasteiger charge is 2.29. The number of aromatic nitrogens is 2. The Morgan fingerprint density at radius 3 is 2.64 bits per heavy atom. The Morgan fingerprint density at radius 2 is 2.09 bits per heavy atom. The Labute approximate surface area is 63.0 Å². The van der Waals surface area contributed by atoms with Crippen molar-refractivity contribution in [1.29, 1.82) is 0 Å². The summed E-state index contributed by atoms with van der Waals surface area (Å²) < 4.78 is 0. The zero-order chi connectivity index (χ0) is 7.68. The largest absolute Gasteiger partial charge is 0.355 e. The molecular formula is C6H6N4O. The van der Waals surface area contributed by atoms with Gasteiger partial charge in [0.1, 0.15) is 12.4 Å². The molecule has 1 fully saturated rings. The standard InChI is InChI=1S/C6H6N4O/c11-6-9-10(6)4-5-7-2-1-3-8-5/h1-3H,4H2,(H,9,11). The van der Waals surface area contributed by atoms with Crippen LogP contribution in [-0.2, 0) is 6.54 Å². The minimum Gasteiger partial charge on any atom is -0.245 e. The van der Waals surface area contributed by atoms with Gasteiger partial charge in [-0.05, 0) is 6.07 Å². The number of rotatable bonds is 2. The topological polar surface area (TPSA) is 67.8 Å². The van der Waals surface area contributed by atoms with Crippen LogP contribution in [0, 0.1) is 0 Å². The number of nitrogens with one attached hydrogen (secondary N) is 1. The van der Waals surface area contributed by atoms with Crippen LogP contribution in [0.3, 0.4) is 0 Å². The summed E-state index contributed by atoms with van der Waals surface area (Å²) in [6.07, 6.45) is 3.30. The van der Waals surface area contributed by atoms with E-state index in [0.717, 1.165) is 0 Å². The van der Waals surface area contributed by atoms with Crippen LogP contribution in [0.2, 0.25) is 0 Å². The van der Waals surface area contributed by atoms with E-state index in [-0.39, 0.29) is 6.03 Å². The highest BCUT2D eigenvalue weighted by Crippen LogP contribution is 2.03. The Morgan fingerprint density at radius 1 is 1.45 bits per heavy atom. The van der Waals surface area contributed by atoms with Gasteiger partial charge in [-0.2, -0.15) is 0 Å². The van der Waals surface area contributed by atoms with Gasteiger partial charge in [0.25, 0.3) is 0 Å². The molecule has 56 valence electrons. The van der Waals surface area contributed by atoms with E-state index in [9.17, 15) is 4.79 Å². The van der Waals surface area contributed by atoms with Crippen molar-refractivity contribution in [1.82, 2.24) is 20.4 Å². The molecule has 5 heteroatoms. The molecule has 1 aliphatic rings. The fourth-order valence-corrected chi connectivity index (χ4v) is 0.755. The molecule has 2 heterocycles. The Kier molecular flexibility index (Phi) is 1.21. The molecule has 0 spiro atoms. The van der Waals surface area contributed by atoms with Crippen molar-refractivity contribution in [2.24, 2.45) is 0 Å². The van der Waals surface area contributed by atoms with Gasteiger partial charge >= 0.3 is 6.03 Å². The highest BCUT2D eigenvalue weighted by atomic mass is 16.2. The van der Waals surface area contributed by atoms with E-state index in [1.807, 2.05) is 0 Å². The summed E-state index contributed by atoms with van der Waals surface area (Å²) in [5, 5.41) is 1.44. The van der Waals surface area contributed by atoms with Crippen LogP contribution in [0.4, 0.5) is 4.79 Å². The molecule has 5 nitrogen and oxygen atoms in total.